The minimum absolute atomic E-state index is 0.486. The fraction of sp³-hybridized carbons (Fsp3) is 0.833. The number of rotatable bonds is 3. The first kappa shape index (κ1) is 9.82. The zero-order chi connectivity index (χ0) is 10.1. The van der Waals surface area contributed by atoms with Crippen molar-refractivity contribution in [2.75, 3.05) is 19.8 Å². The van der Waals surface area contributed by atoms with Crippen molar-refractivity contribution in [3.63, 3.8) is 0 Å². The third kappa shape index (κ3) is 2.10. The monoisotopic (exact) mass is 209 g/mol. The summed E-state index contributed by atoms with van der Waals surface area (Å²) in [5.41, 5.74) is 1.41. The second kappa shape index (κ2) is 4.24. The average molecular weight is 209 g/mol. The molecule has 0 aromatic heterocycles. The van der Waals surface area contributed by atoms with Crippen LogP contribution in [0.3, 0.4) is 0 Å². The van der Waals surface area contributed by atoms with Crippen LogP contribution in [-0.2, 0) is 9.47 Å². The van der Waals surface area contributed by atoms with Gasteiger partial charge in [-0.1, -0.05) is 6.08 Å². The smallest absolute Gasteiger partial charge is 0.0733 e. The molecule has 0 aromatic carbocycles. The first-order valence-electron chi connectivity index (χ1n) is 6.06. The molecule has 3 heterocycles. The molecule has 0 spiro atoms. The van der Waals surface area contributed by atoms with Gasteiger partial charge in [0.25, 0.3) is 0 Å². The van der Waals surface area contributed by atoms with Crippen LogP contribution >= 0.6 is 0 Å². The number of hydrogen-bond donors (Lipinski definition) is 1. The van der Waals surface area contributed by atoms with Crippen molar-refractivity contribution in [2.24, 2.45) is 0 Å². The van der Waals surface area contributed by atoms with E-state index in [0.29, 0.717) is 18.2 Å². The Balaban J connectivity index is 1.48. The molecular weight excluding hydrogens is 190 g/mol. The predicted molar refractivity (Wildman–Crippen MR) is 57.8 cm³/mol. The summed E-state index contributed by atoms with van der Waals surface area (Å²) in [6, 6.07) is 0.589. The summed E-state index contributed by atoms with van der Waals surface area (Å²) in [6.45, 7) is 2.69. The molecule has 3 aliphatic heterocycles. The number of nitrogens with one attached hydrogen (secondary N) is 1. The molecule has 2 saturated heterocycles. The van der Waals surface area contributed by atoms with Gasteiger partial charge in [0.05, 0.1) is 25.4 Å². The highest BCUT2D eigenvalue weighted by Gasteiger charge is 2.40. The molecule has 0 saturated carbocycles. The molecule has 3 atom stereocenters. The molecule has 3 unspecified atom stereocenters. The van der Waals surface area contributed by atoms with E-state index in [0.717, 1.165) is 26.2 Å². The van der Waals surface area contributed by atoms with E-state index in [2.05, 4.69) is 11.4 Å². The van der Waals surface area contributed by atoms with E-state index < -0.39 is 0 Å². The van der Waals surface area contributed by atoms with E-state index in [1.54, 1.807) is 0 Å². The lowest BCUT2D eigenvalue weighted by atomic mass is 9.95. The summed E-state index contributed by atoms with van der Waals surface area (Å²) in [6.07, 6.45) is 8.14. The third-order valence-electron chi connectivity index (χ3n) is 3.68. The van der Waals surface area contributed by atoms with Gasteiger partial charge in [0, 0.05) is 12.6 Å². The Hall–Kier alpha value is -0.380. The fourth-order valence-electron chi connectivity index (χ4n) is 2.85. The van der Waals surface area contributed by atoms with E-state index in [4.69, 9.17) is 9.47 Å². The molecule has 3 aliphatic rings. The first-order valence-corrected chi connectivity index (χ1v) is 6.06. The van der Waals surface area contributed by atoms with Crippen LogP contribution in [0.25, 0.3) is 0 Å². The van der Waals surface area contributed by atoms with Gasteiger partial charge in [-0.25, -0.2) is 0 Å². The first-order chi connectivity index (χ1) is 7.42. The molecular formula is C12H19NO2. The highest BCUT2D eigenvalue weighted by Crippen LogP contribution is 2.34. The molecule has 0 radical (unpaired) electrons. The molecule has 2 bridgehead atoms. The molecule has 3 rings (SSSR count). The van der Waals surface area contributed by atoms with Crippen LogP contribution in [0.2, 0.25) is 0 Å². The SMILES string of the molecule is C1=C(CNC2CC3CCC2O3)COCC1. The Morgan fingerprint density at radius 2 is 2.40 bits per heavy atom. The highest BCUT2D eigenvalue weighted by molar-refractivity contribution is 5.08. The Morgan fingerprint density at radius 3 is 3.07 bits per heavy atom. The summed E-state index contributed by atoms with van der Waals surface area (Å²) in [4.78, 5) is 0. The van der Waals surface area contributed by atoms with Crippen molar-refractivity contribution in [1.82, 2.24) is 5.32 Å². The lowest BCUT2D eigenvalue weighted by Gasteiger charge is -2.22. The molecule has 0 amide bonds. The summed E-state index contributed by atoms with van der Waals surface area (Å²) in [5, 5.41) is 3.61. The van der Waals surface area contributed by atoms with Gasteiger partial charge in [-0.3, -0.25) is 0 Å². The maximum atomic E-state index is 5.81. The summed E-state index contributed by atoms with van der Waals surface area (Å²) >= 11 is 0. The van der Waals surface area contributed by atoms with Crippen LogP contribution in [-0.4, -0.2) is 38.0 Å². The molecule has 0 aliphatic carbocycles. The largest absolute Gasteiger partial charge is 0.377 e. The third-order valence-corrected chi connectivity index (χ3v) is 3.68. The van der Waals surface area contributed by atoms with Crippen LogP contribution in [0.1, 0.15) is 25.7 Å². The summed E-state index contributed by atoms with van der Waals surface area (Å²) in [5.74, 6) is 0. The van der Waals surface area contributed by atoms with Crippen molar-refractivity contribution < 1.29 is 9.47 Å². The minimum atomic E-state index is 0.486. The van der Waals surface area contributed by atoms with E-state index in [1.807, 2.05) is 0 Å². The number of fused-ring (bicyclic) bond motifs is 2. The fourth-order valence-corrected chi connectivity index (χ4v) is 2.85. The molecule has 3 nitrogen and oxygen atoms in total. The van der Waals surface area contributed by atoms with Gasteiger partial charge in [-0.15, -0.1) is 0 Å². The van der Waals surface area contributed by atoms with Crippen molar-refractivity contribution in [3.05, 3.63) is 11.6 Å². The van der Waals surface area contributed by atoms with Crippen LogP contribution in [0.15, 0.2) is 11.6 Å². The van der Waals surface area contributed by atoms with Crippen LogP contribution in [0.4, 0.5) is 0 Å². The van der Waals surface area contributed by atoms with Crippen LogP contribution < -0.4 is 5.32 Å². The topological polar surface area (TPSA) is 30.5 Å². The minimum Gasteiger partial charge on any atom is -0.377 e. The maximum absolute atomic E-state index is 5.81. The zero-order valence-electron chi connectivity index (χ0n) is 9.08. The standard InChI is InChI=1S/C12H19NO2/c1-2-9(8-14-5-1)7-13-11-6-10-3-4-12(11)15-10/h2,10-13H,1,3-8H2. The predicted octanol–water partition coefficient (Wildman–Crippen LogP) is 1.24. The Labute approximate surface area is 90.8 Å². The van der Waals surface area contributed by atoms with Crippen molar-refractivity contribution in [1.29, 1.82) is 0 Å². The Morgan fingerprint density at radius 1 is 1.40 bits per heavy atom. The molecule has 15 heavy (non-hydrogen) atoms. The quantitative estimate of drug-likeness (QED) is 0.709. The number of hydrogen-bond acceptors (Lipinski definition) is 3. The Kier molecular flexibility index (Phi) is 2.77. The molecule has 3 heteroatoms. The Bertz CT molecular complexity index is 264. The normalized spacial score (nSPS) is 39.5. The van der Waals surface area contributed by atoms with Crippen molar-refractivity contribution in [2.45, 2.75) is 43.9 Å². The van der Waals surface area contributed by atoms with Crippen molar-refractivity contribution in [3.8, 4) is 0 Å². The van der Waals surface area contributed by atoms with Crippen LogP contribution in [0, 0.1) is 0 Å². The van der Waals surface area contributed by atoms with Crippen molar-refractivity contribution >= 4 is 0 Å². The lowest BCUT2D eigenvalue weighted by molar-refractivity contribution is 0.0973. The van der Waals surface area contributed by atoms with E-state index in [-0.39, 0.29) is 0 Å². The second-order valence-electron chi connectivity index (χ2n) is 4.80. The van der Waals surface area contributed by atoms with E-state index in [9.17, 15) is 0 Å². The van der Waals surface area contributed by atoms with Gasteiger partial charge in [0.1, 0.15) is 0 Å². The maximum Gasteiger partial charge on any atom is 0.0733 e. The molecule has 1 N–H and O–H groups in total. The van der Waals surface area contributed by atoms with Crippen LogP contribution in [0.5, 0.6) is 0 Å². The molecule has 0 aromatic rings. The average Bonchev–Trinajstić information content (AvgIpc) is 2.89. The molecule has 2 fully saturated rings. The van der Waals surface area contributed by atoms with Gasteiger partial charge in [0.2, 0.25) is 0 Å². The van der Waals surface area contributed by atoms with E-state index in [1.165, 1.54) is 24.8 Å². The van der Waals surface area contributed by atoms with Gasteiger partial charge in [-0.05, 0) is 31.3 Å². The summed E-state index contributed by atoms with van der Waals surface area (Å²) in [7, 11) is 0. The second-order valence-corrected chi connectivity index (χ2v) is 4.80. The van der Waals surface area contributed by atoms with Gasteiger partial charge >= 0.3 is 0 Å². The molecule has 84 valence electrons. The zero-order valence-corrected chi connectivity index (χ0v) is 9.08. The van der Waals surface area contributed by atoms with Gasteiger partial charge in [0.15, 0.2) is 0 Å². The summed E-state index contributed by atoms with van der Waals surface area (Å²) < 4.78 is 11.2. The highest BCUT2D eigenvalue weighted by atomic mass is 16.5. The van der Waals surface area contributed by atoms with Gasteiger partial charge in [-0.2, -0.15) is 0 Å². The number of ether oxygens (including phenoxy) is 2. The van der Waals surface area contributed by atoms with Gasteiger partial charge < -0.3 is 14.8 Å². The van der Waals surface area contributed by atoms with E-state index >= 15 is 0 Å². The lowest BCUT2D eigenvalue weighted by Crippen LogP contribution is -2.39.